The van der Waals surface area contributed by atoms with Gasteiger partial charge in [-0.3, -0.25) is 0 Å². The maximum atomic E-state index is 11.0. The van der Waals surface area contributed by atoms with Crippen LogP contribution in [-0.4, -0.2) is 37.6 Å². The van der Waals surface area contributed by atoms with E-state index in [1.807, 2.05) is 13.8 Å². The van der Waals surface area contributed by atoms with E-state index in [4.69, 9.17) is 5.73 Å². The van der Waals surface area contributed by atoms with E-state index in [-0.39, 0.29) is 5.54 Å². The van der Waals surface area contributed by atoms with Gasteiger partial charge in [-0.15, -0.1) is 0 Å². The molecule has 5 heteroatoms. The largest absolute Gasteiger partial charge is 0.323 e. The molecule has 0 aromatic carbocycles. The summed E-state index contributed by atoms with van der Waals surface area (Å²) in [6, 6.07) is 0. The van der Waals surface area contributed by atoms with Gasteiger partial charge in [0, 0.05) is 18.6 Å². The van der Waals surface area contributed by atoms with E-state index < -0.39 is 10.0 Å². The summed E-state index contributed by atoms with van der Waals surface area (Å²) >= 11 is 0. The third kappa shape index (κ3) is 1.62. The summed E-state index contributed by atoms with van der Waals surface area (Å²) in [5.74, 6) is 0.329. The predicted molar refractivity (Wildman–Crippen MR) is 48.2 cm³/mol. The Balaban J connectivity index is 2.59. The summed E-state index contributed by atoms with van der Waals surface area (Å²) < 4.78 is 23.4. The van der Waals surface area contributed by atoms with Gasteiger partial charge in [0.05, 0.1) is 6.26 Å². The van der Waals surface area contributed by atoms with Crippen molar-refractivity contribution in [2.24, 2.45) is 11.7 Å². The fourth-order valence-corrected chi connectivity index (χ4v) is 2.16. The van der Waals surface area contributed by atoms with E-state index in [1.165, 1.54) is 10.6 Å². The highest BCUT2D eigenvalue weighted by Crippen LogP contribution is 2.27. The zero-order chi connectivity index (χ0) is 9.57. The van der Waals surface area contributed by atoms with E-state index in [1.54, 1.807) is 0 Å². The highest BCUT2D eigenvalue weighted by Gasteiger charge is 2.45. The molecule has 0 saturated carbocycles. The molecular weight excluding hydrogens is 176 g/mol. The summed E-state index contributed by atoms with van der Waals surface area (Å²) in [4.78, 5) is 0. The number of rotatable bonds is 2. The molecule has 0 bridgehead atoms. The summed E-state index contributed by atoms with van der Waals surface area (Å²) in [5.41, 5.74) is 5.62. The van der Waals surface area contributed by atoms with Crippen LogP contribution in [0.5, 0.6) is 0 Å². The Kier molecular flexibility index (Phi) is 2.22. The molecule has 0 atom stereocenters. The first-order chi connectivity index (χ1) is 5.26. The van der Waals surface area contributed by atoms with Crippen LogP contribution in [0.2, 0.25) is 0 Å². The average molecular weight is 192 g/mol. The SMILES string of the molecule is CC(C)C1(N)CN(S(C)(=O)=O)C1. The minimum Gasteiger partial charge on any atom is -0.323 e. The maximum Gasteiger partial charge on any atom is 0.211 e. The topological polar surface area (TPSA) is 63.4 Å². The van der Waals surface area contributed by atoms with Crippen molar-refractivity contribution in [2.75, 3.05) is 19.3 Å². The molecule has 72 valence electrons. The molecule has 0 aromatic heterocycles. The number of hydrogen-bond acceptors (Lipinski definition) is 3. The average Bonchev–Trinajstić information content (AvgIpc) is 1.77. The summed E-state index contributed by atoms with van der Waals surface area (Å²) in [6.07, 6.45) is 1.22. The maximum absolute atomic E-state index is 11.0. The van der Waals surface area contributed by atoms with Gasteiger partial charge < -0.3 is 5.73 Å². The van der Waals surface area contributed by atoms with Crippen molar-refractivity contribution in [3.8, 4) is 0 Å². The van der Waals surface area contributed by atoms with Gasteiger partial charge in [-0.25, -0.2) is 8.42 Å². The Labute approximate surface area is 73.8 Å². The summed E-state index contributed by atoms with van der Waals surface area (Å²) in [7, 11) is -3.02. The third-order valence-corrected chi connectivity index (χ3v) is 3.76. The van der Waals surface area contributed by atoms with Crippen molar-refractivity contribution in [3.05, 3.63) is 0 Å². The molecule has 1 heterocycles. The summed E-state index contributed by atoms with van der Waals surface area (Å²) in [5, 5.41) is 0. The molecule has 0 amide bonds. The number of hydrogen-bond donors (Lipinski definition) is 1. The van der Waals surface area contributed by atoms with Crippen LogP contribution in [0.4, 0.5) is 0 Å². The second-order valence-electron chi connectivity index (χ2n) is 3.92. The Morgan fingerprint density at radius 2 is 1.83 bits per heavy atom. The zero-order valence-electron chi connectivity index (χ0n) is 7.74. The van der Waals surface area contributed by atoms with E-state index >= 15 is 0 Å². The molecule has 1 rings (SSSR count). The Bertz CT molecular complexity index is 265. The fourth-order valence-electron chi connectivity index (χ4n) is 1.21. The van der Waals surface area contributed by atoms with Crippen LogP contribution < -0.4 is 5.73 Å². The zero-order valence-corrected chi connectivity index (χ0v) is 8.56. The van der Waals surface area contributed by atoms with Crippen LogP contribution in [0.15, 0.2) is 0 Å². The molecule has 4 nitrogen and oxygen atoms in total. The van der Waals surface area contributed by atoms with Gasteiger partial charge in [0.1, 0.15) is 0 Å². The van der Waals surface area contributed by atoms with Crippen LogP contribution in [-0.2, 0) is 10.0 Å². The van der Waals surface area contributed by atoms with Gasteiger partial charge in [0.2, 0.25) is 10.0 Å². The van der Waals surface area contributed by atoms with Crippen LogP contribution in [0, 0.1) is 5.92 Å². The van der Waals surface area contributed by atoms with Crippen molar-refractivity contribution in [1.29, 1.82) is 0 Å². The monoisotopic (exact) mass is 192 g/mol. The first-order valence-corrected chi connectivity index (χ1v) is 5.84. The Hall–Kier alpha value is -0.130. The molecule has 1 aliphatic rings. The molecule has 0 spiro atoms. The highest BCUT2D eigenvalue weighted by atomic mass is 32.2. The van der Waals surface area contributed by atoms with Gasteiger partial charge in [-0.05, 0) is 5.92 Å². The lowest BCUT2D eigenvalue weighted by atomic mass is 9.82. The van der Waals surface area contributed by atoms with Crippen LogP contribution in [0.3, 0.4) is 0 Å². The van der Waals surface area contributed by atoms with E-state index in [0.717, 1.165) is 0 Å². The van der Waals surface area contributed by atoms with E-state index in [2.05, 4.69) is 0 Å². The third-order valence-electron chi connectivity index (χ3n) is 2.56. The lowest BCUT2D eigenvalue weighted by molar-refractivity contribution is 0.111. The molecule has 1 saturated heterocycles. The van der Waals surface area contributed by atoms with Gasteiger partial charge in [0.25, 0.3) is 0 Å². The second kappa shape index (κ2) is 2.68. The lowest BCUT2D eigenvalue weighted by Crippen LogP contribution is -2.70. The number of nitrogens with two attached hydrogens (primary N) is 1. The Morgan fingerprint density at radius 1 is 1.42 bits per heavy atom. The number of nitrogens with zero attached hydrogens (tertiary/aromatic N) is 1. The molecule has 2 N–H and O–H groups in total. The first kappa shape index (κ1) is 9.95. The lowest BCUT2D eigenvalue weighted by Gasteiger charge is -2.48. The highest BCUT2D eigenvalue weighted by molar-refractivity contribution is 7.88. The molecule has 1 fully saturated rings. The fraction of sp³-hybridized carbons (Fsp3) is 1.00. The van der Waals surface area contributed by atoms with Gasteiger partial charge in [-0.1, -0.05) is 13.8 Å². The van der Waals surface area contributed by atoms with Gasteiger partial charge in [0.15, 0.2) is 0 Å². The second-order valence-corrected chi connectivity index (χ2v) is 5.90. The number of sulfonamides is 1. The molecule has 12 heavy (non-hydrogen) atoms. The molecule has 0 aliphatic carbocycles. The standard InChI is InChI=1S/C7H16N2O2S/c1-6(2)7(8)4-9(5-7)12(3,10)11/h6H,4-5,8H2,1-3H3. The molecular formula is C7H16N2O2S. The smallest absolute Gasteiger partial charge is 0.211 e. The van der Waals surface area contributed by atoms with Crippen molar-refractivity contribution < 1.29 is 8.42 Å². The predicted octanol–water partition coefficient (Wildman–Crippen LogP) is -0.385. The van der Waals surface area contributed by atoms with Crippen LogP contribution in [0.1, 0.15) is 13.8 Å². The normalized spacial score (nSPS) is 24.1. The molecule has 0 unspecified atom stereocenters. The molecule has 0 aromatic rings. The van der Waals surface area contributed by atoms with Gasteiger partial charge >= 0.3 is 0 Å². The summed E-state index contributed by atoms with van der Waals surface area (Å²) in [6.45, 7) is 4.95. The molecule has 0 radical (unpaired) electrons. The van der Waals surface area contributed by atoms with Crippen molar-refractivity contribution in [1.82, 2.24) is 4.31 Å². The van der Waals surface area contributed by atoms with E-state index in [9.17, 15) is 8.42 Å². The van der Waals surface area contributed by atoms with E-state index in [0.29, 0.717) is 19.0 Å². The van der Waals surface area contributed by atoms with Crippen LogP contribution >= 0.6 is 0 Å². The quantitative estimate of drug-likeness (QED) is 0.648. The Morgan fingerprint density at radius 3 is 2.08 bits per heavy atom. The minimum absolute atomic E-state index is 0.302. The first-order valence-electron chi connectivity index (χ1n) is 4.00. The molecule has 1 aliphatic heterocycles. The van der Waals surface area contributed by atoms with Crippen LogP contribution in [0.25, 0.3) is 0 Å². The van der Waals surface area contributed by atoms with Gasteiger partial charge in [-0.2, -0.15) is 4.31 Å². The van der Waals surface area contributed by atoms with Crippen molar-refractivity contribution >= 4 is 10.0 Å². The van der Waals surface area contributed by atoms with Crippen molar-refractivity contribution in [3.63, 3.8) is 0 Å². The van der Waals surface area contributed by atoms with Crippen molar-refractivity contribution in [2.45, 2.75) is 19.4 Å². The minimum atomic E-state index is -3.02.